The van der Waals surface area contributed by atoms with Crippen LogP contribution in [0.4, 0.5) is 0 Å². The first-order valence-corrected chi connectivity index (χ1v) is 4.58. The SMILES string of the molecule is C=CN(/C(N=CC)=C(\N)C(C)=N)N(C)C. The minimum atomic E-state index is 0.282. The van der Waals surface area contributed by atoms with Crippen molar-refractivity contribution in [1.29, 1.82) is 5.41 Å². The van der Waals surface area contributed by atoms with E-state index in [1.807, 2.05) is 14.1 Å². The largest absolute Gasteiger partial charge is 0.394 e. The highest BCUT2D eigenvalue weighted by Gasteiger charge is 2.12. The third kappa shape index (κ3) is 3.55. The van der Waals surface area contributed by atoms with Gasteiger partial charge in [-0.15, -0.1) is 0 Å². The second kappa shape index (κ2) is 5.98. The molecule has 0 unspecified atom stereocenters. The number of aliphatic imine (C=N–C) groups is 1. The maximum atomic E-state index is 7.48. The number of nitrogens with one attached hydrogen (secondary N) is 1. The highest BCUT2D eigenvalue weighted by atomic mass is 15.6. The molecule has 0 aliphatic heterocycles. The number of rotatable bonds is 5. The minimum Gasteiger partial charge on any atom is -0.394 e. The van der Waals surface area contributed by atoms with Crippen LogP contribution in [0.5, 0.6) is 0 Å². The lowest BCUT2D eigenvalue weighted by molar-refractivity contribution is 0.123. The van der Waals surface area contributed by atoms with Gasteiger partial charge in [0.2, 0.25) is 0 Å². The van der Waals surface area contributed by atoms with Gasteiger partial charge in [-0.25, -0.2) is 10.0 Å². The molecule has 0 rings (SSSR count). The lowest BCUT2D eigenvalue weighted by atomic mass is 10.3. The van der Waals surface area contributed by atoms with E-state index in [1.165, 1.54) is 0 Å². The second-order valence-electron chi connectivity index (χ2n) is 3.12. The maximum Gasteiger partial charge on any atom is 0.172 e. The summed E-state index contributed by atoms with van der Waals surface area (Å²) in [6.07, 6.45) is 3.23. The third-order valence-electron chi connectivity index (χ3n) is 1.72. The molecular weight excluding hydrogens is 190 g/mol. The van der Waals surface area contributed by atoms with Crippen molar-refractivity contribution in [3.8, 4) is 0 Å². The van der Waals surface area contributed by atoms with E-state index in [-0.39, 0.29) is 5.71 Å². The van der Waals surface area contributed by atoms with Gasteiger partial charge in [0.05, 0.1) is 11.4 Å². The van der Waals surface area contributed by atoms with Crippen LogP contribution in [-0.2, 0) is 0 Å². The topological polar surface area (TPSA) is 68.7 Å². The van der Waals surface area contributed by atoms with E-state index in [1.54, 1.807) is 36.3 Å². The molecule has 0 fully saturated rings. The number of nitrogens with two attached hydrogens (primary N) is 1. The van der Waals surface area contributed by atoms with Crippen molar-refractivity contribution in [3.05, 3.63) is 24.3 Å². The monoisotopic (exact) mass is 209 g/mol. The zero-order chi connectivity index (χ0) is 12.0. The number of hydrazine groups is 1. The lowest BCUT2D eigenvalue weighted by Crippen LogP contribution is -2.33. The third-order valence-corrected chi connectivity index (χ3v) is 1.72. The summed E-state index contributed by atoms with van der Waals surface area (Å²) in [6.45, 7) is 7.09. The first-order chi connectivity index (χ1) is 6.95. The summed E-state index contributed by atoms with van der Waals surface area (Å²) < 4.78 is 0. The molecule has 0 aromatic heterocycles. The Morgan fingerprint density at radius 2 is 2.00 bits per heavy atom. The molecule has 0 atom stereocenters. The Morgan fingerprint density at radius 3 is 2.27 bits per heavy atom. The van der Waals surface area contributed by atoms with Crippen molar-refractivity contribution in [2.24, 2.45) is 10.7 Å². The Bertz CT molecular complexity index is 301. The minimum absolute atomic E-state index is 0.282. The fourth-order valence-electron chi connectivity index (χ4n) is 0.981. The summed E-state index contributed by atoms with van der Waals surface area (Å²) in [5.74, 6) is 0.505. The molecule has 0 bridgehead atoms. The van der Waals surface area contributed by atoms with E-state index in [0.717, 1.165) is 0 Å². The van der Waals surface area contributed by atoms with Gasteiger partial charge in [0.25, 0.3) is 0 Å². The second-order valence-corrected chi connectivity index (χ2v) is 3.12. The molecule has 0 amide bonds. The highest BCUT2D eigenvalue weighted by Crippen LogP contribution is 2.11. The zero-order valence-corrected chi connectivity index (χ0v) is 9.78. The van der Waals surface area contributed by atoms with E-state index >= 15 is 0 Å². The molecule has 15 heavy (non-hydrogen) atoms. The summed E-state index contributed by atoms with van der Waals surface area (Å²) in [4.78, 5) is 4.14. The predicted octanol–water partition coefficient (Wildman–Crippen LogP) is 1.17. The summed E-state index contributed by atoms with van der Waals surface area (Å²) in [6, 6.07) is 0. The normalized spacial score (nSPS) is 12.9. The molecule has 0 spiro atoms. The highest BCUT2D eigenvalue weighted by molar-refractivity contribution is 5.95. The number of hydrogen-bond donors (Lipinski definition) is 2. The van der Waals surface area contributed by atoms with Gasteiger partial charge < -0.3 is 11.1 Å². The van der Waals surface area contributed by atoms with Gasteiger partial charge in [0.1, 0.15) is 0 Å². The van der Waals surface area contributed by atoms with Crippen molar-refractivity contribution in [1.82, 2.24) is 10.0 Å². The number of allylic oxidation sites excluding steroid dienone is 1. The van der Waals surface area contributed by atoms with Gasteiger partial charge in [-0.1, -0.05) is 6.58 Å². The van der Waals surface area contributed by atoms with E-state index in [2.05, 4.69) is 11.6 Å². The van der Waals surface area contributed by atoms with Gasteiger partial charge in [-0.05, 0) is 13.8 Å². The first kappa shape index (κ1) is 13.4. The molecule has 0 heterocycles. The van der Waals surface area contributed by atoms with Crippen LogP contribution in [0.1, 0.15) is 13.8 Å². The van der Waals surface area contributed by atoms with E-state index in [9.17, 15) is 0 Å². The average molecular weight is 209 g/mol. The standard InChI is InChI=1S/C10H19N5/c1-6-13-10(9(12)8(3)11)15(7-2)14(4)5/h6-7,11H,2,12H2,1,3-5H3/b10-9-,11-8?,13-6?. The fourth-order valence-corrected chi connectivity index (χ4v) is 0.981. The van der Waals surface area contributed by atoms with E-state index < -0.39 is 0 Å². The summed E-state index contributed by atoms with van der Waals surface area (Å²) >= 11 is 0. The van der Waals surface area contributed by atoms with Crippen LogP contribution in [-0.4, -0.2) is 36.0 Å². The Morgan fingerprint density at radius 1 is 1.47 bits per heavy atom. The van der Waals surface area contributed by atoms with Gasteiger partial charge in [-0.2, -0.15) is 0 Å². The molecule has 5 nitrogen and oxygen atoms in total. The number of nitrogens with zero attached hydrogens (tertiary/aromatic N) is 3. The summed E-state index contributed by atoms with van der Waals surface area (Å²) in [7, 11) is 3.69. The molecule has 0 aromatic carbocycles. The molecule has 0 saturated heterocycles. The van der Waals surface area contributed by atoms with Crippen LogP contribution >= 0.6 is 0 Å². The molecular formula is C10H19N5. The van der Waals surface area contributed by atoms with Crippen LogP contribution in [0.25, 0.3) is 0 Å². The van der Waals surface area contributed by atoms with Crippen LogP contribution in [0.3, 0.4) is 0 Å². The molecule has 0 aromatic rings. The van der Waals surface area contributed by atoms with Gasteiger partial charge in [0, 0.05) is 26.5 Å². The van der Waals surface area contributed by atoms with Crippen LogP contribution < -0.4 is 5.73 Å². The van der Waals surface area contributed by atoms with Crippen molar-refractivity contribution < 1.29 is 0 Å². The van der Waals surface area contributed by atoms with Crippen molar-refractivity contribution >= 4 is 11.9 Å². The van der Waals surface area contributed by atoms with Crippen LogP contribution in [0.2, 0.25) is 0 Å². The molecule has 0 aliphatic rings. The van der Waals surface area contributed by atoms with Crippen LogP contribution in [0.15, 0.2) is 29.3 Å². The maximum absolute atomic E-state index is 7.48. The van der Waals surface area contributed by atoms with Crippen LogP contribution in [0, 0.1) is 5.41 Å². The Labute approximate surface area is 91.1 Å². The molecule has 3 N–H and O–H groups in total. The van der Waals surface area contributed by atoms with Gasteiger partial charge in [-0.3, -0.25) is 5.01 Å². The summed E-state index contributed by atoms with van der Waals surface area (Å²) in [5, 5.41) is 10.9. The molecule has 0 radical (unpaired) electrons. The van der Waals surface area contributed by atoms with Gasteiger partial charge >= 0.3 is 0 Å². The Hall–Kier alpha value is -1.62. The quantitative estimate of drug-likeness (QED) is 0.527. The van der Waals surface area contributed by atoms with E-state index in [4.69, 9.17) is 11.1 Å². The fraction of sp³-hybridized carbons (Fsp3) is 0.400. The van der Waals surface area contributed by atoms with Crippen molar-refractivity contribution in [2.75, 3.05) is 14.1 Å². The summed E-state index contributed by atoms with van der Waals surface area (Å²) in [5.41, 5.74) is 6.40. The average Bonchev–Trinajstić information content (AvgIpc) is 2.15. The Balaban J connectivity index is 5.38. The van der Waals surface area contributed by atoms with E-state index in [0.29, 0.717) is 11.5 Å². The van der Waals surface area contributed by atoms with Crippen molar-refractivity contribution in [2.45, 2.75) is 13.8 Å². The van der Waals surface area contributed by atoms with Gasteiger partial charge in [0.15, 0.2) is 5.82 Å². The Kier molecular flexibility index (Phi) is 5.33. The lowest BCUT2D eigenvalue weighted by Gasteiger charge is -2.27. The predicted molar refractivity (Wildman–Crippen MR) is 64.5 cm³/mol. The molecule has 0 aliphatic carbocycles. The number of hydrogen-bond acceptors (Lipinski definition) is 5. The van der Waals surface area contributed by atoms with Crippen molar-refractivity contribution in [3.63, 3.8) is 0 Å². The molecule has 5 heteroatoms. The smallest absolute Gasteiger partial charge is 0.172 e. The first-order valence-electron chi connectivity index (χ1n) is 4.58. The molecule has 0 saturated carbocycles. The zero-order valence-electron chi connectivity index (χ0n) is 9.78. The molecule has 84 valence electrons.